The highest BCUT2D eigenvalue weighted by Gasteiger charge is 2.07. The molecule has 0 aliphatic carbocycles. The summed E-state index contributed by atoms with van der Waals surface area (Å²) in [6.45, 7) is 0. The van der Waals surface area contributed by atoms with E-state index in [1.54, 1.807) is 30.5 Å². The molecule has 0 bridgehead atoms. The Labute approximate surface area is 166 Å². The molecule has 3 N–H and O–H groups in total. The van der Waals surface area contributed by atoms with E-state index in [1.807, 2.05) is 53.9 Å². The van der Waals surface area contributed by atoms with Crippen molar-refractivity contribution in [2.45, 2.75) is 0 Å². The zero-order chi connectivity index (χ0) is 19.3. The van der Waals surface area contributed by atoms with Crippen LogP contribution < -0.4 is 10.6 Å². The Morgan fingerprint density at radius 1 is 0.893 bits per heavy atom. The van der Waals surface area contributed by atoms with Crippen LogP contribution in [0.5, 0.6) is 5.75 Å². The zero-order valence-corrected chi connectivity index (χ0v) is 15.6. The minimum atomic E-state index is -0.107. The lowest BCUT2D eigenvalue weighted by molar-refractivity contribution is 0.103. The number of nitrogens with zero attached hydrogens (tertiary/aromatic N) is 1. The molecule has 2 heterocycles. The third-order valence-corrected chi connectivity index (χ3v) is 4.97. The van der Waals surface area contributed by atoms with Gasteiger partial charge in [-0.15, -0.1) is 11.3 Å². The second kappa shape index (κ2) is 7.94. The van der Waals surface area contributed by atoms with E-state index in [0.717, 1.165) is 22.5 Å². The van der Waals surface area contributed by atoms with E-state index < -0.39 is 0 Å². The van der Waals surface area contributed by atoms with Gasteiger partial charge in [0.05, 0.1) is 4.88 Å². The van der Waals surface area contributed by atoms with E-state index in [4.69, 9.17) is 0 Å². The van der Waals surface area contributed by atoms with Gasteiger partial charge in [-0.3, -0.25) is 4.79 Å². The van der Waals surface area contributed by atoms with Crippen molar-refractivity contribution in [1.29, 1.82) is 0 Å². The van der Waals surface area contributed by atoms with Crippen molar-refractivity contribution in [2.75, 3.05) is 10.6 Å². The smallest absolute Gasteiger partial charge is 0.265 e. The fourth-order valence-corrected chi connectivity index (χ4v) is 3.38. The maximum absolute atomic E-state index is 12.1. The number of carbonyl (C=O) groups excluding carboxylic acids is 1. The van der Waals surface area contributed by atoms with E-state index in [2.05, 4.69) is 15.6 Å². The Morgan fingerprint density at radius 3 is 2.50 bits per heavy atom. The number of anilines is 3. The van der Waals surface area contributed by atoms with Crippen molar-refractivity contribution < 1.29 is 9.90 Å². The molecule has 2 aromatic heterocycles. The fraction of sp³-hybridized carbons (Fsp3) is 0. The molecule has 6 heteroatoms. The Kier molecular flexibility index (Phi) is 5.03. The number of hydrogen-bond donors (Lipinski definition) is 3. The molecule has 28 heavy (non-hydrogen) atoms. The second-order valence-corrected chi connectivity index (χ2v) is 7.06. The molecule has 0 aliphatic heterocycles. The molecule has 0 atom stereocenters. The molecule has 1 amide bonds. The average molecular weight is 387 g/mol. The molecule has 0 saturated carbocycles. The van der Waals surface area contributed by atoms with E-state index in [9.17, 15) is 9.90 Å². The molecule has 0 radical (unpaired) electrons. The van der Waals surface area contributed by atoms with E-state index in [-0.39, 0.29) is 11.7 Å². The minimum absolute atomic E-state index is 0.107. The van der Waals surface area contributed by atoms with Crippen LogP contribution in [-0.2, 0) is 0 Å². The molecule has 4 aromatic rings. The van der Waals surface area contributed by atoms with Gasteiger partial charge in [0.15, 0.2) is 0 Å². The molecular formula is C22H17N3O2S. The summed E-state index contributed by atoms with van der Waals surface area (Å²) in [7, 11) is 0. The predicted octanol–water partition coefficient (Wildman–Crippen LogP) is 5.51. The summed E-state index contributed by atoms with van der Waals surface area (Å²) in [6, 6.07) is 22.1. The van der Waals surface area contributed by atoms with Gasteiger partial charge in [0.25, 0.3) is 5.91 Å². The highest BCUT2D eigenvalue weighted by Crippen LogP contribution is 2.25. The largest absolute Gasteiger partial charge is 0.508 e. The third-order valence-electron chi connectivity index (χ3n) is 4.10. The maximum atomic E-state index is 12.1. The van der Waals surface area contributed by atoms with Gasteiger partial charge in [-0.25, -0.2) is 4.98 Å². The van der Waals surface area contributed by atoms with Crippen molar-refractivity contribution in [3.05, 3.63) is 89.3 Å². The summed E-state index contributed by atoms with van der Waals surface area (Å²) >= 11 is 1.41. The van der Waals surface area contributed by atoms with Crippen molar-refractivity contribution >= 4 is 34.4 Å². The number of carbonyl (C=O) groups is 1. The Morgan fingerprint density at radius 2 is 1.75 bits per heavy atom. The first-order valence-corrected chi connectivity index (χ1v) is 9.53. The summed E-state index contributed by atoms with van der Waals surface area (Å²) in [5.74, 6) is 0.767. The van der Waals surface area contributed by atoms with Crippen LogP contribution in [0.1, 0.15) is 9.67 Å². The topological polar surface area (TPSA) is 74.2 Å². The first kappa shape index (κ1) is 17.8. The number of aromatic hydroxyl groups is 1. The van der Waals surface area contributed by atoms with Crippen LogP contribution >= 0.6 is 11.3 Å². The number of phenolic OH excluding ortho intramolecular Hbond substituents is 1. The van der Waals surface area contributed by atoms with Crippen LogP contribution in [-0.4, -0.2) is 16.0 Å². The Hall–Kier alpha value is -3.64. The number of aromatic nitrogens is 1. The fourth-order valence-electron chi connectivity index (χ4n) is 2.76. The molecule has 2 aromatic carbocycles. The van der Waals surface area contributed by atoms with Gasteiger partial charge in [0, 0.05) is 23.6 Å². The number of nitrogens with one attached hydrogen (secondary N) is 2. The highest BCUT2D eigenvalue weighted by molar-refractivity contribution is 7.12. The monoisotopic (exact) mass is 387 g/mol. The number of pyridine rings is 1. The normalized spacial score (nSPS) is 10.4. The molecule has 0 fully saturated rings. The van der Waals surface area contributed by atoms with Crippen LogP contribution in [0.3, 0.4) is 0 Å². The van der Waals surface area contributed by atoms with Gasteiger partial charge in [0.2, 0.25) is 0 Å². The summed E-state index contributed by atoms with van der Waals surface area (Å²) in [4.78, 5) is 17.1. The molecule has 0 aliphatic rings. The quantitative estimate of drug-likeness (QED) is 0.422. The van der Waals surface area contributed by atoms with Crippen molar-refractivity contribution in [3.63, 3.8) is 0 Å². The first-order valence-electron chi connectivity index (χ1n) is 8.65. The standard InChI is InChI=1S/C22H17N3O2S/c26-19-4-1-3-18(14-19)24-21-13-16(10-11-23-21)15-6-8-17(9-7-15)25-22(27)20-5-2-12-28-20/h1-14,26H,(H,23,24)(H,25,27). The van der Waals surface area contributed by atoms with Crippen LogP contribution in [0.4, 0.5) is 17.2 Å². The Balaban J connectivity index is 1.49. The number of hydrogen-bond acceptors (Lipinski definition) is 5. The number of amides is 1. The lowest BCUT2D eigenvalue weighted by Gasteiger charge is -2.09. The van der Waals surface area contributed by atoms with Gasteiger partial charge >= 0.3 is 0 Å². The summed E-state index contributed by atoms with van der Waals surface area (Å²) in [5, 5.41) is 17.5. The first-order chi connectivity index (χ1) is 13.7. The summed E-state index contributed by atoms with van der Waals surface area (Å²) in [6.07, 6.45) is 1.73. The van der Waals surface area contributed by atoms with Crippen molar-refractivity contribution in [2.24, 2.45) is 0 Å². The minimum Gasteiger partial charge on any atom is -0.508 e. The molecule has 4 rings (SSSR count). The molecule has 5 nitrogen and oxygen atoms in total. The van der Waals surface area contributed by atoms with E-state index in [0.29, 0.717) is 10.7 Å². The SMILES string of the molecule is O=C(Nc1ccc(-c2ccnc(Nc3cccc(O)c3)c2)cc1)c1cccs1. The van der Waals surface area contributed by atoms with Crippen LogP contribution in [0.25, 0.3) is 11.1 Å². The molecule has 0 saturated heterocycles. The van der Waals surface area contributed by atoms with Crippen LogP contribution in [0.15, 0.2) is 84.4 Å². The van der Waals surface area contributed by atoms with E-state index >= 15 is 0 Å². The van der Waals surface area contributed by atoms with Gasteiger partial charge < -0.3 is 15.7 Å². The second-order valence-electron chi connectivity index (χ2n) is 6.11. The predicted molar refractivity (Wildman–Crippen MR) is 113 cm³/mol. The third kappa shape index (κ3) is 4.19. The molecule has 138 valence electrons. The number of thiophene rings is 1. The van der Waals surface area contributed by atoms with Crippen LogP contribution in [0, 0.1) is 0 Å². The number of phenols is 1. The Bertz CT molecular complexity index is 1090. The number of benzene rings is 2. The average Bonchev–Trinajstić information content (AvgIpc) is 3.24. The maximum Gasteiger partial charge on any atom is 0.265 e. The highest BCUT2D eigenvalue weighted by atomic mass is 32.1. The zero-order valence-electron chi connectivity index (χ0n) is 14.8. The molecular weight excluding hydrogens is 370 g/mol. The molecule has 0 unspecified atom stereocenters. The van der Waals surface area contributed by atoms with Crippen LogP contribution in [0.2, 0.25) is 0 Å². The van der Waals surface area contributed by atoms with Crippen molar-refractivity contribution in [3.8, 4) is 16.9 Å². The lowest BCUT2D eigenvalue weighted by Crippen LogP contribution is -2.09. The number of rotatable bonds is 5. The van der Waals surface area contributed by atoms with Gasteiger partial charge in [-0.2, -0.15) is 0 Å². The lowest BCUT2D eigenvalue weighted by atomic mass is 10.1. The van der Waals surface area contributed by atoms with Gasteiger partial charge in [0.1, 0.15) is 11.6 Å². The van der Waals surface area contributed by atoms with Gasteiger partial charge in [-0.05, 0) is 59.0 Å². The van der Waals surface area contributed by atoms with Gasteiger partial charge in [-0.1, -0.05) is 24.3 Å². The summed E-state index contributed by atoms with van der Waals surface area (Å²) < 4.78 is 0. The van der Waals surface area contributed by atoms with E-state index in [1.165, 1.54) is 11.3 Å². The van der Waals surface area contributed by atoms with Crippen molar-refractivity contribution in [1.82, 2.24) is 4.98 Å². The summed E-state index contributed by atoms with van der Waals surface area (Å²) in [5.41, 5.74) is 3.51. The molecule has 0 spiro atoms.